The molecule has 0 aliphatic heterocycles. The third-order valence-corrected chi connectivity index (χ3v) is 6.84. The number of hydrogen-bond donors (Lipinski definition) is 1. The fraction of sp³-hybridized carbons (Fsp3) is 0.222. The van der Waals surface area contributed by atoms with Crippen LogP contribution in [0, 0.1) is 17.0 Å². The van der Waals surface area contributed by atoms with Crippen LogP contribution in [0.4, 0.5) is 5.69 Å². The first kappa shape index (κ1) is 25.1. The number of carbonyl (C=O) groups is 1. The molecule has 184 valence electrons. The lowest BCUT2D eigenvalue weighted by molar-refractivity contribution is -0.384. The van der Waals surface area contributed by atoms with Gasteiger partial charge in [0.25, 0.3) is 11.6 Å². The first-order valence-electron chi connectivity index (χ1n) is 11.7. The van der Waals surface area contributed by atoms with Crippen LogP contribution in [-0.2, 0) is 5.75 Å². The van der Waals surface area contributed by atoms with Crippen LogP contribution in [0.3, 0.4) is 0 Å². The van der Waals surface area contributed by atoms with E-state index < -0.39 is 4.92 Å². The van der Waals surface area contributed by atoms with Crippen molar-refractivity contribution in [1.82, 2.24) is 20.1 Å². The molecular weight excluding hydrogens is 474 g/mol. The molecule has 1 aromatic heterocycles. The fourth-order valence-electron chi connectivity index (χ4n) is 3.52. The highest BCUT2D eigenvalue weighted by molar-refractivity contribution is 7.98. The molecule has 4 rings (SSSR count). The predicted molar refractivity (Wildman–Crippen MR) is 141 cm³/mol. The smallest absolute Gasteiger partial charge is 0.269 e. The van der Waals surface area contributed by atoms with Crippen LogP contribution < -0.4 is 5.32 Å². The minimum atomic E-state index is -0.422. The summed E-state index contributed by atoms with van der Waals surface area (Å²) in [5, 5.41) is 23.6. The minimum absolute atomic E-state index is 0.0241. The van der Waals surface area contributed by atoms with Crippen LogP contribution in [0.25, 0.3) is 17.1 Å². The van der Waals surface area contributed by atoms with E-state index in [0.29, 0.717) is 22.3 Å². The van der Waals surface area contributed by atoms with Crippen molar-refractivity contribution in [2.45, 2.75) is 44.1 Å². The van der Waals surface area contributed by atoms with E-state index in [1.54, 1.807) is 12.1 Å². The van der Waals surface area contributed by atoms with E-state index in [1.165, 1.54) is 23.9 Å². The van der Waals surface area contributed by atoms with Gasteiger partial charge in [0.15, 0.2) is 11.0 Å². The molecule has 0 saturated heterocycles. The molecule has 1 heterocycles. The van der Waals surface area contributed by atoms with Gasteiger partial charge in [-0.1, -0.05) is 48.5 Å². The molecule has 1 atom stereocenters. The first-order chi connectivity index (χ1) is 17.4. The quantitative estimate of drug-likeness (QED) is 0.172. The maximum atomic E-state index is 12.4. The summed E-state index contributed by atoms with van der Waals surface area (Å²) < 4.78 is 1.96. The summed E-state index contributed by atoms with van der Waals surface area (Å²) in [4.78, 5) is 23.0. The van der Waals surface area contributed by atoms with E-state index in [0.717, 1.165) is 28.8 Å². The summed E-state index contributed by atoms with van der Waals surface area (Å²) in [6.07, 6.45) is 0.879. The van der Waals surface area contributed by atoms with Gasteiger partial charge in [-0.25, -0.2) is 0 Å². The van der Waals surface area contributed by atoms with Crippen molar-refractivity contribution in [3.8, 4) is 17.1 Å². The van der Waals surface area contributed by atoms with Gasteiger partial charge in [0.1, 0.15) is 0 Å². The zero-order valence-corrected chi connectivity index (χ0v) is 21.2. The number of amides is 1. The lowest BCUT2D eigenvalue weighted by Crippen LogP contribution is -2.31. The molecule has 0 radical (unpaired) electrons. The Morgan fingerprint density at radius 3 is 2.31 bits per heavy atom. The Bertz CT molecular complexity index is 1350. The number of nitrogens with zero attached hydrogens (tertiary/aromatic N) is 4. The van der Waals surface area contributed by atoms with E-state index in [2.05, 4.69) is 15.5 Å². The number of hydrogen-bond acceptors (Lipinski definition) is 6. The van der Waals surface area contributed by atoms with Crippen molar-refractivity contribution in [2.24, 2.45) is 0 Å². The third-order valence-electron chi connectivity index (χ3n) is 5.84. The molecule has 0 aliphatic rings. The molecule has 4 aromatic rings. The second-order valence-corrected chi connectivity index (χ2v) is 9.49. The van der Waals surface area contributed by atoms with Gasteiger partial charge in [0.05, 0.1) is 4.92 Å². The SMILES string of the molecule is CC[C@@H](C)NC(=O)c1ccc(CSc2nnc(-c3ccc([N+](=O)[O-])cc3)n2-c2ccc(C)cc2)cc1. The number of non-ortho nitro benzene ring substituents is 1. The molecule has 36 heavy (non-hydrogen) atoms. The Hall–Kier alpha value is -3.98. The second kappa shape index (κ2) is 11.2. The van der Waals surface area contributed by atoms with Gasteiger partial charge < -0.3 is 5.32 Å². The maximum Gasteiger partial charge on any atom is 0.269 e. The van der Waals surface area contributed by atoms with Gasteiger partial charge in [-0.05, 0) is 62.2 Å². The molecule has 0 spiro atoms. The summed E-state index contributed by atoms with van der Waals surface area (Å²) >= 11 is 1.53. The highest BCUT2D eigenvalue weighted by atomic mass is 32.2. The van der Waals surface area contributed by atoms with Crippen molar-refractivity contribution in [1.29, 1.82) is 0 Å². The Labute approximate surface area is 213 Å². The van der Waals surface area contributed by atoms with E-state index in [4.69, 9.17) is 0 Å². The molecule has 1 amide bonds. The van der Waals surface area contributed by atoms with E-state index >= 15 is 0 Å². The van der Waals surface area contributed by atoms with Gasteiger partial charge in [-0.2, -0.15) is 0 Å². The molecule has 0 unspecified atom stereocenters. The van der Waals surface area contributed by atoms with Gasteiger partial charge >= 0.3 is 0 Å². The molecule has 9 heteroatoms. The predicted octanol–water partition coefficient (Wildman–Crippen LogP) is 5.97. The summed E-state index contributed by atoms with van der Waals surface area (Å²) in [6.45, 7) is 6.04. The number of benzene rings is 3. The van der Waals surface area contributed by atoms with Crippen molar-refractivity contribution >= 4 is 23.4 Å². The number of aromatic nitrogens is 3. The Kier molecular flexibility index (Phi) is 7.80. The van der Waals surface area contributed by atoms with Gasteiger partial charge in [0, 0.05) is 40.7 Å². The first-order valence-corrected chi connectivity index (χ1v) is 12.6. The topological polar surface area (TPSA) is 103 Å². The van der Waals surface area contributed by atoms with Crippen LogP contribution >= 0.6 is 11.8 Å². The Morgan fingerprint density at radius 1 is 1.03 bits per heavy atom. The Balaban J connectivity index is 1.58. The van der Waals surface area contributed by atoms with Crippen LogP contribution in [0.1, 0.15) is 41.8 Å². The maximum absolute atomic E-state index is 12.4. The zero-order valence-electron chi connectivity index (χ0n) is 20.3. The summed E-state index contributed by atoms with van der Waals surface area (Å²) in [7, 11) is 0. The van der Waals surface area contributed by atoms with E-state index in [1.807, 2.05) is 73.9 Å². The lowest BCUT2D eigenvalue weighted by atomic mass is 10.1. The fourth-order valence-corrected chi connectivity index (χ4v) is 4.43. The Morgan fingerprint density at radius 2 is 1.69 bits per heavy atom. The normalized spacial score (nSPS) is 11.8. The monoisotopic (exact) mass is 501 g/mol. The van der Waals surface area contributed by atoms with Gasteiger partial charge in [-0.3, -0.25) is 19.5 Å². The van der Waals surface area contributed by atoms with Crippen molar-refractivity contribution < 1.29 is 9.72 Å². The number of aryl methyl sites for hydroxylation is 1. The number of carbonyl (C=O) groups excluding carboxylic acids is 1. The average Bonchev–Trinajstić information content (AvgIpc) is 3.32. The van der Waals surface area contributed by atoms with Crippen molar-refractivity contribution in [2.75, 3.05) is 0 Å². The third kappa shape index (κ3) is 5.80. The molecule has 0 fully saturated rings. The molecule has 0 saturated carbocycles. The zero-order chi connectivity index (χ0) is 25.7. The van der Waals surface area contributed by atoms with E-state index in [-0.39, 0.29) is 17.6 Å². The summed E-state index contributed by atoms with van der Waals surface area (Å²) in [6, 6.07) is 22.0. The molecule has 3 aromatic carbocycles. The van der Waals surface area contributed by atoms with Crippen molar-refractivity contribution in [3.05, 3.63) is 99.6 Å². The number of nitro benzene ring substituents is 1. The largest absolute Gasteiger partial charge is 0.350 e. The van der Waals surface area contributed by atoms with Gasteiger partial charge in [-0.15, -0.1) is 10.2 Å². The summed E-state index contributed by atoms with van der Waals surface area (Å²) in [5.41, 5.74) is 4.48. The minimum Gasteiger partial charge on any atom is -0.350 e. The van der Waals surface area contributed by atoms with Crippen molar-refractivity contribution in [3.63, 3.8) is 0 Å². The van der Waals surface area contributed by atoms with Crippen LogP contribution in [-0.4, -0.2) is 31.6 Å². The molecule has 0 bridgehead atoms. The van der Waals surface area contributed by atoms with E-state index in [9.17, 15) is 14.9 Å². The van der Waals surface area contributed by atoms with Crippen LogP contribution in [0.5, 0.6) is 0 Å². The summed E-state index contributed by atoms with van der Waals surface area (Å²) in [5.74, 6) is 1.17. The highest BCUT2D eigenvalue weighted by Crippen LogP contribution is 2.30. The molecule has 1 N–H and O–H groups in total. The average molecular weight is 502 g/mol. The number of rotatable bonds is 9. The number of nitro groups is 1. The van der Waals surface area contributed by atoms with Crippen LogP contribution in [0.2, 0.25) is 0 Å². The van der Waals surface area contributed by atoms with Crippen LogP contribution in [0.15, 0.2) is 78.0 Å². The highest BCUT2D eigenvalue weighted by Gasteiger charge is 2.17. The molecular formula is C27H27N5O3S. The second-order valence-electron chi connectivity index (χ2n) is 8.55. The number of nitrogens with one attached hydrogen (secondary N) is 1. The number of thioether (sulfide) groups is 1. The standard InChI is InChI=1S/C27H27N5O3S/c1-4-19(3)28-26(33)22-9-7-20(8-10-22)17-36-27-30-29-25(21-11-15-24(16-12-21)32(34)35)31(27)23-13-5-18(2)6-14-23/h5-16,19H,4,17H2,1-3H3,(H,28,33)/t19-/m1/s1. The van der Waals surface area contributed by atoms with Gasteiger partial charge in [0.2, 0.25) is 0 Å². The lowest BCUT2D eigenvalue weighted by Gasteiger charge is -2.12. The molecule has 0 aliphatic carbocycles. The molecule has 8 nitrogen and oxygen atoms in total.